The molecule has 3 aromatic rings. The Labute approximate surface area is 194 Å². The standard InChI is InChI=1S/C21H27N3O2.C5H5NO/c1-13(2)15-6-7-20(26-5)17(8-15)16-9-18-21(22-10-16)23-12-24(18)19(11-25)14(3)4;7-5-3-1-2-4-6-5/h6-10,12-14,19,25H,11H2,1-5H3;1-2,4H,3H2/t19-;/m0./s1. The third kappa shape index (κ3) is 5.73. The maximum absolute atomic E-state index is 10.2. The molecule has 1 amide bonds. The van der Waals surface area contributed by atoms with E-state index in [0.29, 0.717) is 23.9 Å². The minimum Gasteiger partial charge on any atom is -0.496 e. The Kier molecular flexibility index (Phi) is 8.11. The van der Waals surface area contributed by atoms with Crippen LogP contribution in [0.15, 0.2) is 53.9 Å². The van der Waals surface area contributed by atoms with Gasteiger partial charge in [0.25, 0.3) is 0 Å². The van der Waals surface area contributed by atoms with E-state index in [1.807, 2.05) is 16.8 Å². The zero-order valence-corrected chi connectivity index (χ0v) is 19.9. The monoisotopic (exact) mass is 448 g/mol. The Bertz CT molecular complexity index is 1160. The van der Waals surface area contributed by atoms with E-state index in [9.17, 15) is 9.90 Å². The molecule has 2 aromatic heterocycles. The molecule has 0 radical (unpaired) electrons. The smallest absolute Gasteiger partial charge is 0.249 e. The Morgan fingerprint density at radius 2 is 1.94 bits per heavy atom. The van der Waals surface area contributed by atoms with Crippen LogP contribution in [0.3, 0.4) is 0 Å². The summed E-state index contributed by atoms with van der Waals surface area (Å²) in [6.45, 7) is 8.62. The number of hydrogen-bond donors (Lipinski definition) is 1. The van der Waals surface area contributed by atoms with Crippen LogP contribution in [0.1, 0.15) is 51.6 Å². The summed E-state index contributed by atoms with van der Waals surface area (Å²) < 4.78 is 7.60. The normalized spacial score (nSPS) is 14.0. The maximum Gasteiger partial charge on any atom is 0.249 e. The number of dihydropyridines is 1. The molecule has 0 spiro atoms. The molecule has 0 aliphatic carbocycles. The molecule has 1 aromatic carbocycles. The van der Waals surface area contributed by atoms with Crippen LogP contribution in [0.4, 0.5) is 0 Å². The van der Waals surface area contributed by atoms with Gasteiger partial charge in [-0.15, -0.1) is 0 Å². The number of ether oxygens (including phenoxy) is 1. The zero-order valence-electron chi connectivity index (χ0n) is 19.9. The van der Waals surface area contributed by atoms with Crippen LogP contribution >= 0.6 is 0 Å². The van der Waals surface area contributed by atoms with E-state index < -0.39 is 0 Å². The third-order valence-corrected chi connectivity index (χ3v) is 5.68. The number of rotatable bonds is 6. The quantitative estimate of drug-likeness (QED) is 0.575. The number of aromatic nitrogens is 3. The van der Waals surface area contributed by atoms with Gasteiger partial charge in [0.2, 0.25) is 5.91 Å². The summed E-state index contributed by atoms with van der Waals surface area (Å²) in [7, 11) is 1.69. The van der Waals surface area contributed by atoms with Crippen LogP contribution in [-0.2, 0) is 4.79 Å². The summed E-state index contributed by atoms with van der Waals surface area (Å²) in [5.41, 5.74) is 4.87. The van der Waals surface area contributed by atoms with Crippen molar-refractivity contribution in [2.45, 2.75) is 46.1 Å². The second-order valence-corrected chi connectivity index (χ2v) is 8.63. The summed E-state index contributed by atoms with van der Waals surface area (Å²) in [5, 5.41) is 9.80. The van der Waals surface area contributed by atoms with Crippen LogP contribution in [0.5, 0.6) is 5.75 Å². The molecule has 0 saturated heterocycles. The zero-order chi connectivity index (χ0) is 24.0. The molecular weight excluding hydrogens is 416 g/mol. The number of nitrogens with zero attached hydrogens (tertiary/aromatic N) is 4. The number of allylic oxidation sites excluding steroid dienone is 1. The van der Waals surface area contributed by atoms with E-state index in [-0.39, 0.29) is 18.6 Å². The van der Waals surface area contributed by atoms with Crippen molar-refractivity contribution in [1.29, 1.82) is 0 Å². The largest absolute Gasteiger partial charge is 0.496 e. The first kappa shape index (κ1) is 24.3. The Morgan fingerprint density at radius 1 is 1.15 bits per heavy atom. The highest BCUT2D eigenvalue weighted by Gasteiger charge is 2.18. The lowest BCUT2D eigenvalue weighted by atomic mass is 9.97. The number of hydrogen-bond acceptors (Lipinski definition) is 5. The van der Waals surface area contributed by atoms with E-state index in [2.05, 4.69) is 60.9 Å². The fourth-order valence-electron chi connectivity index (χ4n) is 3.66. The lowest BCUT2D eigenvalue weighted by molar-refractivity contribution is -0.117. The molecule has 7 nitrogen and oxygen atoms in total. The van der Waals surface area contributed by atoms with Crippen LogP contribution < -0.4 is 4.74 Å². The lowest BCUT2D eigenvalue weighted by Gasteiger charge is -2.21. The highest BCUT2D eigenvalue weighted by Crippen LogP contribution is 2.34. The predicted molar refractivity (Wildman–Crippen MR) is 132 cm³/mol. The summed E-state index contributed by atoms with van der Waals surface area (Å²) in [4.78, 5) is 22.6. The highest BCUT2D eigenvalue weighted by atomic mass is 16.5. The molecule has 0 saturated carbocycles. The van der Waals surface area contributed by atoms with E-state index in [4.69, 9.17) is 4.74 Å². The molecule has 0 unspecified atom stereocenters. The molecule has 3 heterocycles. The number of aliphatic hydroxyl groups is 1. The van der Waals surface area contributed by atoms with Crippen molar-refractivity contribution in [2.75, 3.05) is 13.7 Å². The Morgan fingerprint density at radius 3 is 2.48 bits per heavy atom. The lowest BCUT2D eigenvalue weighted by Crippen LogP contribution is -2.18. The molecule has 33 heavy (non-hydrogen) atoms. The second kappa shape index (κ2) is 11.0. The molecule has 0 fully saturated rings. The third-order valence-electron chi connectivity index (χ3n) is 5.68. The van der Waals surface area contributed by atoms with E-state index in [1.165, 1.54) is 11.8 Å². The predicted octanol–water partition coefficient (Wildman–Crippen LogP) is 4.96. The minimum absolute atomic E-state index is 0.0269. The average molecular weight is 449 g/mol. The number of carbonyl (C=O) groups is 1. The van der Waals surface area contributed by atoms with Gasteiger partial charge < -0.3 is 14.4 Å². The number of benzene rings is 1. The number of fused-ring (bicyclic) bond motifs is 1. The number of pyridine rings is 1. The summed E-state index contributed by atoms with van der Waals surface area (Å²) in [5.74, 6) is 1.49. The fourth-order valence-corrected chi connectivity index (χ4v) is 3.66. The van der Waals surface area contributed by atoms with Crippen molar-refractivity contribution >= 4 is 23.3 Å². The Hall–Kier alpha value is -3.32. The van der Waals surface area contributed by atoms with Gasteiger partial charge in [0.15, 0.2) is 5.65 Å². The van der Waals surface area contributed by atoms with Crippen molar-refractivity contribution < 1.29 is 14.6 Å². The summed E-state index contributed by atoms with van der Waals surface area (Å²) in [6.07, 6.45) is 9.13. The number of imidazole rings is 1. The average Bonchev–Trinajstić information content (AvgIpc) is 3.22. The summed E-state index contributed by atoms with van der Waals surface area (Å²) in [6, 6.07) is 8.34. The van der Waals surface area contributed by atoms with Gasteiger partial charge >= 0.3 is 0 Å². The molecule has 1 N–H and O–H groups in total. The van der Waals surface area contributed by atoms with Crippen molar-refractivity contribution in [2.24, 2.45) is 10.9 Å². The van der Waals surface area contributed by atoms with Crippen molar-refractivity contribution in [3.8, 4) is 16.9 Å². The maximum atomic E-state index is 10.2. The van der Waals surface area contributed by atoms with Crippen LogP contribution in [0.25, 0.3) is 22.3 Å². The van der Waals surface area contributed by atoms with Gasteiger partial charge in [-0.1, -0.05) is 39.8 Å². The molecule has 174 valence electrons. The topological polar surface area (TPSA) is 89.6 Å². The van der Waals surface area contributed by atoms with Gasteiger partial charge in [0.1, 0.15) is 5.75 Å². The molecule has 1 aliphatic rings. The van der Waals surface area contributed by atoms with Gasteiger partial charge in [0, 0.05) is 30.0 Å². The van der Waals surface area contributed by atoms with Crippen LogP contribution in [0, 0.1) is 5.92 Å². The van der Waals surface area contributed by atoms with Gasteiger partial charge in [-0.05, 0) is 41.7 Å². The number of aliphatic hydroxyl groups excluding tert-OH is 1. The van der Waals surface area contributed by atoms with Crippen molar-refractivity contribution in [1.82, 2.24) is 14.5 Å². The van der Waals surface area contributed by atoms with Gasteiger partial charge in [0.05, 0.1) is 31.6 Å². The van der Waals surface area contributed by atoms with Gasteiger partial charge in [-0.2, -0.15) is 0 Å². The number of methoxy groups -OCH3 is 1. The molecule has 1 atom stereocenters. The first-order chi connectivity index (χ1) is 15.8. The molecule has 0 bridgehead atoms. The van der Waals surface area contributed by atoms with E-state index in [0.717, 1.165) is 22.4 Å². The number of amides is 1. The van der Waals surface area contributed by atoms with Crippen molar-refractivity contribution in [3.05, 3.63) is 54.5 Å². The van der Waals surface area contributed by atoms with Crippen LogP contribution in [-0.4, -0.2) is 45.5 Å². The second-order valence-electron chi connectivity index (χ2n) is 8.63. The Balaban J connectivity index is 0.000000374. The fraction of sp³-hybridized carbons (Fsp3) is 0.385. The molecule has 4 rings (SSSR count). The van der Waals surface area contributed by atoms with Crippen LogP contribution in [0.2, 0.25) is 0 Å². The molecular formula is C26H32N4O3. The van der Waals surface area contributed by atoms with Gasteiger partial charge in [-0.25, -0.2) is 15.0 Å². The molecule has 7 heteroatoms. The van der Waals surface area contributed by atoms with Gasteiger partial charge in [-0.3, -0.25) is 4.79 Å². The summed E-state index contributed by atoms with van der Waals surface area (Å²) >= 11 is 0. The van der Waals surface area contributed by atoms with E-state index >= 15 is 0 Å². The number of aliphatic imine (C=N–C) groups is 1. The van der Waals surface area contributed by atoms with E-state index in [1.54, 1.807) is 25.6 Å². The number of carbonyl (C=O) groups excluding carboxylic acids is 1. The molecule has 1 aliphatic heterocycles. The SMILES string of the molecule is COc1ccc(C(C)C)cc1-c1cnc2ncn([C@@H](CO)C(C)C)c2c1.O=C1CC=CC=N1. The first-order valence-corrected chi connectivity index (χ1v) is 11.2. The highest BCUT2D eigenvalue weighted by molar-refractivity contribution is 5.92. The first-order valence-electron chi connectivity index (χ1n) is 11.2. The minimum atomic E-state index is -0.0532. The van der Waals surface area contributed by atoms with Crippen molar-refractivity contribution in [3.63, 3.8) is 0 Å².